The number of para-hydroxylation sites is 2. The predicted octanol–water partition coefficient (Wildman–Crippen LogP) is 2.15. The van der Waals surface area contributed by atoms with E-state index >= 15 is 0 Å². The zero-order valence-electron chi connectivity index (χ0n) is 9.30. The molecule has 0 bridgehead atoms. The Morgan fingerprint density at radius 1 is 1.41 bits per heavy atom. The van der Waals surface area contributed by atoms with Gasteiger partial charge in [0.2, 0.25) is 0 Å². The van der Waals surface area contributed by atoms with Crippen molar-refractivity contribution < 1.29 is 9.66 Å². The van der Waals surface area contributed by atoms with Crippen LogP contribution in [0.4, 0.5) is 5.69 Å². The number of benzene rings is 1. The first-order valence-electron chi connectivity index (χ1n) is 5.38. The van der Waals surface area contributed by atoms with Gasteiger partial charge in [-0.05, 0) is 25.5 Å². The predicted molar refractivity (Wildman–Crippen MR) is 66.9 cm³/mol. The van der Waals surface area contributed by atoms with E-state index in [1.54, 1.807) is 18.2 Å². The van der Waals surface area contributed by atoms with Gasteiger partial charge in [-0.2, -0.15) is 0 Å². The van der Waals surface area contributed by atoms with Crippen LogP contribution < -0.4 is 10.1 Å². The maximum absolute atomic E-state index is 10.8. The van der Waals surface area contributed by atoms with E-state index in [-0.39, 0.29) is 24.2 Å². The molecular weight excluding hydrogens is 244 g/mol. The van der Waals surface area contributed by atoms with Crippen molar-refractivity contribution >= 4 is 18.1 Å². The van der Waals surface area contributed by atoms with E-state index < -0.39 is 4.92 Å². The Hall–Kier alpha value is -1.33. The summed E-state index contributed by atoms with van der Waals surface area (Å²) in [7, 11) is 0. The third kappa shape index (κ3) is 3.57. The van der Waals surface area contributed by atoms with Crippen LogP contribution >= 0.6 is 12.4 Å². The largest absolute Gasteiger partial charge is 0.482 e. The quantitative estimate of drug-likeness (QED) is 0.666. The molecule has 0 saturated carbocycles. The fourth-order valence-electron chi connectivity index (χ4n) is 1.81. The minimum atomic E-state index is -0.411. The molecule has 2 rings (SSSR count). The number of nitrogens with zero attached hydrogens (tertiary/aromatic N) is 1. The molecule has 1 heterocycles. The summed E-state index contributed by atoms with van der Waals surface area (Å²) >= 11 is 0. The van der Waals surface area contributed by atoms with Crippen molar-refractivity contribution in [2.45, 2.75) is 18.9 Å². The number of nitrogens with one attached hydrogen (secondary N) is 1. The summed E-state index contributed by atoms with van der Waals surface area (Å²) in [6.07, 6.45) is 2.03. The van der Waals surface area contributed by atoms with Crippen LogP contribution in [0.3, 0.4) is 0 Å². The summed E-state index contributed by atoms with van der Waals surface area (Å²) < 4.78 is 5.64. The molecule has 17 heavy (non-hydrogen) atoms. The molecule has 6 heteroatoms. The number of nitro benzene ring substituents is 1. The van der Waals surface area contributed by atoms with Crippen LogP contribution in [-0.2, 0) is 0 Å². The van der Waals surface area contributed by atoms with Crippen molar-refractivity contribution in [1.29, 1.82) is 0 Å². The van der Waals surface area contributed by atoms with Crippen LogP contribution in [0, 0.1) is 10.1 Å². The molecule has 1 atom stereocenters. The number of hydrogen-bond acceptors (Lipinski definition) is 4. The molecule has 94 valence electrons. The molecule has 0 radical (unpaired) electrons. The maximum Gasteiger partial charge on any atom is 0.310 e. The minimum Gasteiger partial charge on any atom is -0.482 e. The second-order valence-corrected chi connectivity index (χ2v) is 3.81. The van der Waals surface area contributed by atoms with Gasteiger partial charge in [0, 0.05) is 12.6 Å². The highest BCUT2D eigenvalue weighted by atomic mass is 35.5. The third-order valence-electron chi connectivity index (χ3n) is 2.61. The minimum absolute atomic E-state index is 0. The lowest BCUT2D eigenvalue weighted by atomic mass is 10.1. The SMILES string of the molecule is Cl.O=[N+]([O-])c1ccccc1OC1CCCNC1. The van der Waals surface area contributed by atoms with Crippen molar-refractivity contribution in [3.8, 4) is 5.75 Å². The van der Waals surface area contributed by atoms with Crippen molar-refractivity contribution in [3.63, 3.8) is 0 Å². The molecule has 0 aliphatic carbocycles. The van der Waals surface area contributed by atoms with Gasteiger partial charge in [0.15, 0.2) is 5.75 Å². The molecule has 1 aromatic carbocycles. The number of hydrogen-bond donors (Lipinski definition) is 1. The Balaban J connectivity index is 0.00000144. The standard InChI is InChI=1S/C11H14N2O3.ClH/c14-13(15)10-5-1-2-6-11(10)16-9-4-3-7-12-8-9;/h1-2,5-6,9,12H,3-4,7-8H2;1H. The summed E-state index contributed by atoms with van der Waals surface area (Å²) in [5.74, 6) is 0.362. The molecule has 0 spiro atoms. The Kier molecular flexibility index (Phi) is 5.18. The number of piperidine rings is 1. The Morgan fingerprint density at radius 3 is 2.82 bits per heavy atom. The average Bonchev–Trinajstić information content (AvgIpc) is 2.31. The number of nitro groups is 1. The molecule has 5 nitrogen and oxygen atoms in total. The van der Waals surface area contributed by atoms with E-state index in [1.807, 2.05) is 0 Å². The molecule has 0 amide bonds. The van der Waals surface area contributed by atoms with E-state index in [1.165, 1.54) is 6.07 Å². The van der Waals surface area contributed by atoms with Gasteiger partial charge in [-0.25, -0.2) is 0 Å². The van der Waals surface area contributed by atoms with Gasteiger partial charge in [-0.1, -0.05) is 12.1 Å². The Bertz CT molecular complexity index is 381. The van der Waals surface area contributed by atoms with Gasteiger partial charge in [-0.3, -0.25) is 10.1 Å². The lowest BCUT2D eigenvalue weighted by Crippen LogP contribution is -2.37. The van der Waals surface area contributed by atoms with Gasteiger partial charge < -0.3 is 10.1 Å². The topological polar surface area (TPSA) is 64.4 Å². The number of rotatable bonds is 3. The molecule has 1 aliphatic heterocycles. The van der Waals surface area contributed by atoms with Crippen molar-refractivity contribution in [2.75, 3.05) is 13.1 Å². The monoisotopic (exact) mass is 258 g/mol. The fourth-order valence-corrected chi connectivity index (χ4v) is 1.81. The van der Waals surface area contributed by atoms with Crippen LogP contribution in [0.1, 0.15) is 12.8 Å². The Morgan fingerprint density at radius 2 is 2.18 bits per heavy atom. The van der Waals surface area contributed by atoms with E-state index in [9.17, 15) is 10.1 Å². The summed E-state index contributed by atoms with van der Waals surface area (Å²) in [4.78, 5) is 10.4. The summed E-state index contributed by atoms with van der Waals surface area (Å²) in [6.45, 7) is 1.75. The summed E-state index contributed by atoms with van der Waals surface area (Å²) in [5.41, 5.74) is 0.0353. The first-order chi connectivity index (χ1) is 7.77. The zero-order valence-corrected chi connectivity index (χ0v) is 10.1. The first-order valence-corrected chi connectivity index (χ1v) is 5.38. The lowest BCUT2D eigenvalue weighted by molar-refractivity contribution is -0.386. The van der Waals surface area contributed by atoms with E-state index in [0.717, 1.165) is 25.9 Å². The summed E-state index contributed by atoms with van der Waals surface area (Å²) in [5, 5.41) is 14.0. The molecule has 1 aliphatic rings. The number of halogens is 1. The summed E-state index contributed by atoms with van der Waals surface area (Å²) in [6, 6.07) is 6.50. The van der Waals surface area contributed by atoms with Crippen LogP contribution in [0.2, 0.25) is 0 Å². The maximum atomic E-state index is 10.8. The molecule has 1 N–H and O–H groups in total. The van der Waals surface area contributed by atoms with Crippen LogP contribution in [0.25, 0.3) is 0 Å². The van der Waals surface area contributed by atoms with Gasteiger partial charge in [0.25, 0.3) is 0 Å². The van der Waals surface area contributed by atoms with Gasteiger partial charge in [0.05, 0.1) is 4.92 Å². The van der Waals surface area contributed by atoms with Crippen LogP contribution in [0.5, 0.6) is 5.75 Å². The fraction of sp³-hybridized carbons (Fsp3) is 0.455. The van der Waals surface area contributed by atoms with E-state index in [0.29, 0.717) is 5.75 Å². The highest BCUT2D eigenvalue weighted by molar-refractivity contribution is 5.85. The highest BCUT2D eigenvalue weighted by Gasteiger charge is 2.19. The molecule has 0 aromatic heterocycles. The first kappa shape index (κ1) is 13.7. The zero-order chi connectivity index (χ0) is 11.4. The molecule has 1 fully saturated rings. The highest BCUT2D eigenvalue weighted by Crippen LogP contribution is 2.27. The van der Waals surface area contributed by atoms with Crippen molar-refractivity contribution in [1.82, 2.24) is 5.32 Å². The second kappa shape index (κ2) is 6.42. The van der Waals surface area contributed by atoms with Crippen LogP contribution in [0.15, 0.2) is 24.3 Å². The molecular formula is C11H15ClN2O3. The average molecular weight is 259 g/mol. The van der Waals surface area contributed by atoms with Crippen molar-refractivity contribution in [2.24, 2.45) is 0 Å². The molecule has 1 unspecified atom stereocenters. The van der Waals surface area contributed by atoms with E-state index in [4.69, 9.17) is 4.74 Å². The molecule has 1 aromatic rings. The second-order valence-electron chi connectivity index (χ2n) is 3.81. The Labute approximate surface area is 106 Å². The van der Waals surface area contributed by atoms with Crippen LogP contribution in [-0.4, -0.2) is 24.1 Å². The van der Waals surface area contributed by atoms with Gasteiger partial charge in [0.1, 0.15) is 6.10 Å². The van der Waals surface area contributed by atoms with E-state index in [2.05, 4.69) is 5.32 Å². The third-order valence-corrected chi connectivity index (χ3v) is 2.61. The van der Waals surface area contributed by atoms with Crippen molar-refractivity contribution in [3.05, 3.63) is 34.4 Å². The smallest absolute Gasteiger partial charge is 0.310 e. The number of ether oxygens (including phenoxy) is 1. The van der Waals surface area contributed by atoms with Gasteiger partial charge in [-0.15, -0.1) is 12.4 Å². The normalized spacial score (nSPS) is 19.2. The lowest BCUT2D eigenvalue weighted by Gasteiger charge is -2.23. The van der Waals surface area contributed by atoms with Gasteiger partial charge >= 0.3 is 5.69 Å². The molecule has 1 saturated heterocycles.